The second-order valence-electron chi connectivity index (χ2n) is 0. The Kier molecular flexibility index (Phi) is 217. The molecule has 0 amide bonds. The van der Waals surface area contributed by atoms with Crippen LogP contribution in [0.4, 0.5) is 0 Å². The highest BCUT2D eigenvalue weighted by molar-refractivity contribution is 7.89. The monoisotopic (exact) mass is 192 g/mol. The van der Waals surface area contributed by atoms with E-state index in [0.717, 1.165) is 0 Å². The molecule has 0 heterocycles. The summed E-state index contributed by atoms with van der Waals surface area (Å²) in [5.41, 5.74) is 0. The van der Waals surface area contributed by atoms with Crippen molar-refractivity contribution < 1.29 is 0 Å². The summed E-state index contributed by atoms with van der Waals surface area (Å²) < 4.78 is 0. The highest BCUT2D eigenvalue weighted by Gasteiger charge is 0.659. The van der Waals surface area contributed by atoms with E-state index < -0.39 is 0 Å². The molecule has 0 aliphatic rings. The van der Waals surface area contributed by atoms with Crippen LogP contribution >= 0.6 is 24.0 Å². The molecule has 0 nitrogen and oxygen atoms in total. The van der Waals surface area contributed by atoms with E-state index in [-0.39, 0.29) is 0 Å². The predicted molar refractivity (Wildman–Crippen MR) is 47.0 cm³/mol. The summed E-state index contributed by atoms with van der Waals surface area (Å²) in [6, 6.07) is 0. The topological polar surface area (TPSA) is 0 Å². The van der Waals surface area contributed by atoms with Crippen LogP contribution in [0.3, 0.4) is 0 Å². The van der Waals surface area contributed by atoms with Crippen molar-refractivity contribution in [2.24, 2.45) is 0 Å². The van der Waals surface area contributed by atoms with Crippen LogP contribution < -0.4 is 0 Å². The molecule has 6 heteroatoms. The lowest BCUT2D eigenvalue weighted by Gasteiger charge is -0.760. The Morgan fingerprint density at radius 3 is 0.500 bits per heavy atom. The van der Waals surface area contributed by atoms with E-state index in [9.17, 15) is 0 Å². The van der Waals surface area contributed by atoms with Gasteiger partial charge in [-0.1, -0.05) is 35.4 Å². The van der Waals surface area contributed by atoms with Gasteiger partial charge >= 0.3 is 0 Å². The second-order valence-corrected chi connectivity index (χ2v) is 0. The van der Waals surface area contributed by atoms with Gasteiger partial charge in [-0.2, -0.15) is 0 Å². The van der Waals surface area contributed by atoms with Crippen LogP contribution in [0, 0.1) is 0 Å². The van der Waals surface area contributed by atoms with Gasteiger partial charge in [0.05, 0.1) is 0 Å². The Morgan fingerprint density at radius 2 is 0.500 bits per heavy atom. The first-order valence-corrected chi connectivity index (χ1v) is 5.51. The summed E-state index contributed by atoms with van der Waals surface area (Å²) >= 11 is 11.7. The summed E-state index contributed by atoms with van der Waals surface area (Å²) in [4.78, 5) is 0. The van der Waals surface area contributed by atoms with Gasteiger partial charge < -0.3 is 0 Å². The Labute approximate surface area is 59.5 Å². The maximum atomic E-state index is 3.89. The maximum Gasteiger partial charge on any atom is -0.0437 e. The van der Waals surface area contributed by atoms with Gasteiger partial charge in [0.1, 0.15) is 0 Å². The van der Waals surface area contributed by atoms with Crippen molar-refractivity contribution in [1.29, 1.82) is 0 Å². The average molecular weight is 192 g/mol. The Balaban J connectivity index is -0.0000000225. The van der Waals surface area contributed by atoms with E-state index in [1.54, 1.807) is 0 Å². The molecule has 0 saturated heterocycles. The first-order chi connectivity index (χ1) is 3.00. The molecular formula is H3P3S3. The molecule has 36 valence electrons. The molecular weight excluding hydrogens is 189 g/mol. The van der Waals surface area contributed by atoms with E-state index in [1.807, 2.05) is 0 Å². The quantitative estimate of drug-likeness (QED) is 0.537. The summed E-state index contributed by atoms with van der Waals surface area (Å²) in [5, 5.41) is 0. The van der Waals surface area contributed by atoms with Crippen molar-refractivity contribution in [1.82, 2.24) is 0 Å². The van der Waals surface area contributed by atoms with Crippen LogP contribution in [0.25, 0.3) is 0 Å². The number of hydrogen-bond donors (Lipinski definition) is 0. The zero-order valence-corrected chi connectivity index (χ0v) is 8.17. The average Bonchev–Trinajstić information content (AvgIpc) is 1.81. The lowest BCUT2D eigenvalue weighted by Crippen LogP contribution is -0.399. The molecule has 0 bridgehead atoms. The van der Waals surface area contributed by atoms with Gasteiger partial charge in [-0.3, -0.25) is 0 Å². The van der Waals surface area contributed by atoms with Crippen LogP contribution in [0.5, 0.6) is 0 Å². The van der Waals surface area contributed by atoms with Crippen LogP contribution in [0.1, 0.15) is 0 Å². The minimum absolute atomic E-state index is 2.56. The zero-order valence-electron chi connectivity index (χ0n) is 2.72. The molecule has 0 radical (unpaired) electrons. The van der Waals surface area contributed by atoms with Gasteiger partial charge in [0.15, 0.2) is 0 Å². The molecule has 0 fully saturated rings. The summed E-state index contributed by atoms with van der Waals surface area (Å²) in [6.45, 7) is 0. The van der Waals surface area contributed by atoms with Gasteiger partial charge in [-0.25, -0.2) is 0 Å². The molecule has 0 rings (SSSR count). The molecule has 0 atom stereocenters. The van der Waals surface area contributed by atoms with Crippen molar-refractivity contribution >= 4 is 59.5 Å². The molecule has 0 aromatic rings. The van der Waals surface area contributed by atoms with Crippen LogP contribution in [-0.4, -0.2) is 0 Å². The van der Waals surface area contributed by atoms with Gasteiger partial charge in [0, 0.05) is 0 Å². The Morgan fingerprint density at radius 1 is 0.500 bits per heavy atom. The molecule has 6 heavy (non-hydrogen) atoms. The SMILES string of the molecule is P=S.P=S.P=S. The van der Waals surface area contributed by atoms with Crippen molar-refractivity contribution in [2.75, 3.05) is 0 Å². The van der Waals surface area contributed by atoms with Crippen molar-refractivity contribution in [3.63, 3.8) is 0 Å². The highest BCUT2D eigenvalue weighted by atomic mass is 32.4. The third-order valence-corrected chi connectivity index (χ3v) is 0. The normalized spacial score (nSPS) is 2.00. The summed E-state index contributed by atoms with van der Waals surface area (Å²) in [7, 11) is 7.67. The molecule has 0 spiro atoms. The fourth-order valence-corrected chi connectivity index (χ4v) is 0. The fraction of sp³-hybridized carbons (Fsp3) is 0. The van der Waals surface area contributed by atoms with E-state index >= 15 is 0 Å². The fourth-order valence-electron chi connectivity index (χ4n) is 0. The molecule has 0 unspecified atom stereocenters. The molecule has 0 aromatic heterocycles. The van der Waals surface area contributed by atoms with E-state index in [0.29, 0.717) is 0 Å². The van der Waals surface area contributed by atoms with E-state index in [4.69, 9.17) is 0 Å². The van der Waals surface area contributed by atoms with Gasteiger partial charge in [0.25, 0.3) is 0 Å². The predicted octanol–water partition coefficient (Wildman–Crippen LogP) is 1.77. The molecule has 0 aliphatic heterocycles. The maximum absolute atomic E-state index is 3.89. The molecule has 0 aliphatic carbocycles. The summed E-state index contributed by atoms with van der Waals surface area (Å²) in [6.07, 6.45) is 0. The Bertz CT molecular complexity index is 10.8. The third-order valence-electron chi connectivity index (χ3n) is 0. The first-order valence-electron chi connectivity index (χ1n) is 0.612. The minimum Gasteiger partial charge on any atom is -0.0615 e. The Hall–Kier alpha value is 1.56. The van der Waals surface area contributed by atoms with Gasteiger partial charge in [0.2, 0.25) is 0 Å². The lowest BCUT2D eigenvalue weighted by molar-refractivity contribution is 6.40. The standard InChI is InChI=1S/3HPS/c3*1-2/h3*1H. The molecule has 0 aromatic carbocycles. The van der Waals surface area contributed by atoms with E-state index in [2.05, 4.69) is 59.5 Å². The van der Waals surface area contributed by atoms with Crippen LogP contribution in [-0.2, 0) is 35.4 Å². The van der Waals surface area contributed by atoms with Crippen molar-refractivity contribution in [3.05, 3.63) is 0 Å². The third kappa shape index (κ3) is 47.5. The highest BCUT2D eigenvalue weighted by Crippen LogP contribution is 1.26. The zero-order chi connectivity index (χ0) is 6.00. The van der Waals surface area contributed by atoms with Crippen molar-refractivity contribution in [2.45, 2.75) is 0 Å². The number of rotatable bonds is 0. The summed E-state index contributed by atoms with van der Waals surface area (Å²) in [5.74, 6) is 0. The largest absolute Gasteiger partial charge is 0.0615 e. The smallest absolute Gasteiger partial charge is 0.0437 e. The van der Waals surface area contributed by atoms with E-state index in [1.165, 1.54) is 0 Å². The molecule has 0 N–H and O–H groups in total. The van der Waals surface area contributed by atoms with Crippen molar-refractivity contribution in [3.8, 4) is 0 Å². The first kappa shape index (κ1) is 15.6. The van der Waals surface area contributed by atoms with Crippen LogP contribution in [0.15, 0.2) is 0 Å². The van der Waals surface area contributed by atoms with Gasteiger partial charge in [-0.15, -0.1) is 0 Å². The second kappa shape index (κ2) is 83.3. The molecule has 0 saturated carbocycles. The number of hydrogen-bond acceptors (Lipinski definition) is 3. The lowest BCUT2D eigenvalue weighted by atomic mass is 30.6. The minimum atomic E-state index is 2.56. The van der Waals surface area contributed by atoms with Gasteiger partial charge in [-0.05, 0) is 24.0 Å². The van der Waals surface area contributed by atoms with Crippen LogP contribution in [0.2, 0.25) is 0 Å².